The van der Waals surface area contributed by atoms with E-state index in [-0.39, 0.29) is 0 Å². The van der Waals surface area contributed by atoms with Crippen molar-refractivity contribution in [1.82, 2.24) is 0 Å². The van der Waals surface area contributed by atoms with Crippen LogP contribution >= 0.6 is 0 Å². The largest absolute Gasteiger partial charge is 0.486 e. The SMILES string of the molecule is C=C/C(C)=C\C=C(/CC)OC(C)C(F)(F)F. The molecule has 0 aliphatic rings. The molecule has 0 spiro atoms. The Kier molecular flexibility index (Phi) is 5.93. The number of allylic oxidation sites excluding steroid dienone is 5. The third-order valence-electron chi connectivity index (χ3n) is 1.99. The van der Waals surface area contributed by atoms with E-state index in [1.807, 2.05) is 6.92 Å². The highest BCUT2D eigenvalue weighted by Crippen LogP contribution is 2.25. The topological polar surface area (TPSA) is 9.23 Å². The molecule has 0 aromatic heterocycles. The van der Waals surface area contributed by atoms with Gasteiger partial charge in [-0.05, 0) is 19.9 Å². The van der Waals surface area contributed by atoms with Gasteiger partial charge in [0.15, 0.2) is 6.10 Å². The zero-order chi connectivity index (χ0) is 12.8. The van der Waals surface area contributed by atoms with Gasteiger partial charge in [0, 0.05) is 6.42 Å². The first-order chi connectivity index (χ1) is 7.31. The molecule has 0 heterocycles. The molecule has 1 atom stereocenters. The molecule has 0 saturated heterocycles. The van der Waals surface area contributed by atoms with Crippen molar-refractivity contribution in [1.29, 1.82) is 0 Å². The summed E-state index contributed by atoms with van der Waals surface area (Å²) in [5.74, 6) is 0.311. The zero-order valence-electron chi connectivity index (χ0n) is 9.77. The minimum Gasteiger partial charge on any atom is -0.486 e. The number of halogens is 3. The first kappa shape index (κ1) is 14.8. The molecule has 1 nitrogen and oxygen atoms in total. The molecule has 0 fully saturated rings. The van der Waals surface area contributed by atoms with Gasteiger partial charge in [0.25, 0.3) is 0 Å². The normalized spacial score (nSPS) is 15.9. The summed E-state index contributed by atoms with van der Waals surface area (Å²) in [5, 5.41) is 0. The number of ether oxygens (including phenoxy) is 1. The van der Waals surface area contributed by atoms with Gasteiger partial charge in [0.1, 0.15) is 0 Å². The average molecular weight is 234 g/mol. The summed E-state index contributed by atoms with van der Waals surface area (Å²) in [6.45, 7) is 8.09. The average Bonchev–Trinajstić information content (AvgIpc) is 2.21. The standard InChI is InChI=1S/C12H17F3O/c1-5-9(3)7-8-11(6-2)16-10(4)12(13,14)15/h5,7-8,10H,1,6H2,2-4H3/b9-7-,11-8+. The minimum absolute atomic E-state index is 0.311. The molecule has 0 aliphatic carbocycles. The molecule has 0 saturated carbocycles. The van der Waals surface area contributed by atoms with Gasteiger partial charge in [-0.2, -0.15) is 13.2 Å². The molecule has 0 N–H and O–H groups in total. The van der Waals surface area contributed by atoms with Gasteiger partial charge in [-0.25, -0.2) is 0 Å². The summed E-state index contributed by atoms with van der Waals surface area (Å²) in [5.41, 5.74) is 0.870. The molecule has 0 amide bonds. The maximum absolute atomic E-state index is 12.2. The van der Waals surface area contributed by atoms with E-state index in [4.69, 9.17) is 4.74 Å². The van der Waals surface area contributed by atoms with Crippen molar-refractivity contribution >= 4 is 0 Å². The molecule has 16 heavy (non-hydrogen) atoms. The van der Waals surface area contributed by atoms with E-state index < -0.39 is 12.3 Å². The van der Waals surface area contributed by atoms with Gasteiger partial charge in [-0.1, -0.05) is 31.2 Å². The van der Waals surface area contributed by atoms with E-state index >= 15 is 0 Å². The van der Waals surface area contributed by atoms with Crippen molar-refractivity contribution in [3.63, 3.8) is 0 Å². The van der Waals surface area contributed by atoms with Crippen molar-refractivity contribution < 1.29 is 17.9 Å². The molecule has 0 aliphatic heterocycles. The van der Waals surface area contributed by atoms with E-state index in [9.17, 15) is 13.2 Å². The molecule has 1 unspecified atom stereocenters. The first-order valence-electron chi connectivity index (χ1n) is 5.04. The molecular formula is C12H17F3O. The third kappa shape index (κ3) is 5.63. The number of hydrogen-bond acceptors (Lipinski definition) is 1. The molecule has 0 aromatic carbocycles. The van der Waals surface area contributed by atoms with Crippen molar-refractivity contribution in [2.45, 2.75) is 39.5 Å². The van der Waals surface area contributed by atoms with E-state index in [0.717, 1.165) is 12.5 Å². The third-order valence-corrected chi connectivity index (χ3v) is 1.99. The van der Waals surface area contributed by atoms with Crippen LogP contribution in [-0.2, 0) is 4.74 Å². The summed E-state index contributed by atoms with van der Waals surface area (Å²) in [6, 6.07) is 0. The maximum Gasteiger partial charge on any atom is 0.425 e. The van der Waals surface area contributed by atoms with Crippen LogP contribution in [0.15, 0.2) is 36.1 Å². The molecule has 4 heteroatoms. The fraction of sp³-hybridized carbons (Fsp3) is 0.500. The molecular weight excluding hydrogens is 217 g/mol. The Morgan fingerprint density at radius 3 is 2.31 bits per heavy atom. The van der Waals surface area contributed by atoms with Crippen LogP contribution in [0, 0.1) is 0 Å². The quantitative estimate of drug-likeness (QED) is 0.506. The van der Waals surface area contributed by atoms with Crippen LogP contribution in [0.1, 0.15) is 27.2 Å². The van der Waals surface area contributed by atoms with E-state index in [2.05, 4.69) is 6.58 Å². The van der Waals surface area contributed by atoms with Crippen molar-refractivity contribution in [2.24, 2.45) is 0 Å². The fourth-order valence-electron chi connectivity index (χ4n) is 0.827. The van der Waals surface area contributed by atoms with Gasteiger partial charge < -0.3 is 4.74 Å². The second-order valence-corrected chi connectivity index (χ2v) is 3.40. The van der Waals surface area contributed by atoms with Crippen LogP contribution in [-0.4, -0.2) is 12.3 Å². The fourth-order valence-corrected chi connectivity index (χ4v) is 0.827. The number of rotatable bonds is 5. The minimum atomic E-state index is -4.33. The van der Waals surface area contributed by atoms with Crippen LogP contribution in [0.3, 0.4) is 0 Å². The van der Waals surface area contributed by atoms with Gasteiger partial charge in [-0.3, -0.25) is 0 Å². The lowest BCUT2D eigenvalue weighted by atomic mass is 10.2. The van der Waals surface area contributed by atoms with E-state index in [1.165, 1.54) is 0 Å². The van der Waals surface area contributed by atoms with E-state index in [1.54, 1.807) is 25.2 Å². The van der Waals surface area contributed by atoms with Crippen LogP contribution in [0.5, 0.6) is 0 Å². The van der Waals surface area contributed by atoms with Crippen molar-refractivity contribution in [2.75, 3.05) is 0 Å². The highest BCUT2D eigenvalue weighted by molar-refractivity contribution is 5.21. The summed E-state index contributed by atoms with van der Waals surface area (Å²) in [7, 11) is 0. The summed E-state index contributed by atoms with van der Waals surface area (Å²) >= 11 is 0. The van der Waals surface area contributed by atoms with Gasteiger partial charge in [-0.15, -0.1) is 0 Å². The Morgan fingerprint density at radius 1 is 1.38 bits per heavy atom. The first-order valence-corrected chi connectivity index (χ1v) is 5.04. The van der Waals surface area contributed by atoms with E-state index in [0.29, 0.717) is 12.2 Å². The Morgan fingerprint density at radius 2 is 1.94 bits per heavy atom. The molecule has 92 valence electrons. The zero-order valence-corrected chi connectivity index (χ0v) is 9.77. The van der Waals surface area contributed by atoms with Crippen LogP contribution in [0.2, 0.25) is 0 Å². The van der Waals surface area contributed by atoms with Crippen LogP contribution in [0.4, 0.5) is 13.2 Å². The Hall–Kier alpha value is -1.19. The number of alkyl halides is 3. The predicted molar refractivity (Wildman–Crippen MR) is 58.9 cm³/mol. The Bertz CT molecular complexity index is 287. The highest BCUT2D eigenvalue weighted by atomic mass is 19.4. The monoisotopic (exact) mass is 234 g/mol. The summed E-state index contributed by atoms with van der Waals surface area (Å²) in [4.78, 5) is 0. The molecule has 0 radical (unpaired) electrons. The molecule has 0 aromatic rings. The van der Waals surface area contributed by atoms with Gasteiger partial charge >= 0.3 is 6.18 Å². The predicted octanol–water partition coefficient (Wildman–Crippen LogP) is 4.38. The van der Waals surface area contributed by atoms with Gasteiger partial charge in [0.05, 0.1) is 5.76 Å². The van der Waals surface area contributed by atoms with Crippen LogP contribution < -0.4 is 0 Å². The number of hydrogen-bond donors (Lipinski definition) is 0. The maximum atomic E-state index is 12.2. The van der Waals surface area contributed by atoms with Crippen LogP contribution in [0.25, 0.3) is 0 Å². The second kappa shape index (κ2) is 6.40. The Labute approximate surface area is 94.3 Å². The van der Waals surface area contributed by atoms with Crippen molar-refractivity contribution in [3.8, 4) is 0 Å². The highest BCUT2D eigenvalue weighted by Gasteiger charge is 2.38. The molecule has 0 bridgehead atoms. The lowest BCUT2D eigenvalue weighted by Gasteiger charge is -2.18. The Balaban J connectivity index is 4.59. The second-order valence-electron chi connectivity index (χ2n) is 3.40. The summed E-state index contributed by atoms with van der Waals surface area (Å²) < 4.78 is 41.5. The molecule has 0 rings (SSSR count). The lowest BCUT2D eigenvalue weighted by molar-refractivity contribution is -0.203. The van der Waals surface area contributed by atoms with Gasteiger partial charge in [0.2, 0.25) is 0 Å². The van der Waals surface area contributed by atoms with Crippen molar-refractivity contribution in [3.05, 3.63) is 36.1 Å². The summed E-state index contributed by atoms with van der Waals surface area (Å²) in [6.07, 6.45) is -0.853. The lowest BCUT2D eigenvalue weighted by Crippen LogP contribution is -2.28. The smallest absolute Gasteiger partial charge is 0.425 e.